The van der Waals surface area contributed by atoms with E-state index in [9.17, 15) is 10.1 Å². The number of nitrogens with zero attached hydrogens (tertiary/aromatic N) is 4. The molecule has 2 aromatic heterocycles. The highest BCUT2D eigenvalue weighted by Gasteiger charge is 2.21. The number of pyridine rings is 1. The van der Waals surface area contributed by atoms with Gasteiger partial charge in [0.25, 0.3) is 0 Å². The van der Waals surface area contributed by atoms with Crippen molar-refractivity contribution in [3.63, 3.8) is 0 Å². The van der Waals surface area contributed by atoms with Crippen LogP contribution in [0.3, 0.4) is 0 Å². The summed E-state index contributed by atoms with van der Waals surface area (Å²) in [4.78, 5) is 14.6. The molecule has 0 aromatic carbocycles. The number of rotatable bonds is 4. The van der Waals surface area contributed by atoms with E-state index in [1.165, 1.54) is 0 Å². The summed E-state index contributed by atoms with van der Waals surface area (Å²) < 4.78 is 6.58. The van der Waals surface area contributed by atoms with Crippen molar-refractivity contribution in [3.05, 3.63) is 45.4 Å². The Morgan fingerprint density at radius 3 is 2.63 bits per heavy atom. The van der Waals surface area contributed by atoms with Crippen molar-refractivity contribution in [2.24, 2.45) is 0 Å². The molecule has 0 bridgehead atoms. The molecular formula is C12H14N4O3. The molecule has 0 aliphatic heterocycles. The summed E-state index contributed by atoms with van der Waals surface area (Å²) in [5, 5.41) is 15.1. The normalized spacial score (nSPS) is 10.5. The van der Waals surface area contributed by atoms with Crippen LogP contribution in [0.1, 0.15) is 17.0 Å². The molecule has 0 saturated carbocycles. The average Bonchev–Trinajstić information content (AvgIpc) is 2.65. The van der Waals surface area contributed by atoms with Crippen LogP contribution in [0.2, 0.25) is 0 Å². The van der Waals surface area contributed by atoms with Gasteiger partial charge in [-0.2, -0.15) is 5.10 Å². The van der Waals surface area contributed by atoms with Crippen molar-refractivity contribution in [3.8, 4) is 5.88 Å². The van der Waals surface area contributed by atoms with Crippen LogP contribution in [-0.4, -0.2) is 26.8 Å². The fourth-order valence-electron chi connectivity index (χ4n) is 1.90. The first kappa shape index (κ1) is 13.0. The van der Waals surface area contributed by atoms with Crippen molar-refractivity contribution >= 4 is 5.69 Å². The van der Waals surface area contributed by atoms with E-state index in [0.717, 1.165) is 5.56 Å². The minimum Gasteiger partial charge on any atom is -0.481 e. The summed E-state index contributed by atoms with van der Waals surface area (Å²) in [6.07, 6.45) is 1.67. The Labute approximate surface area is 110 Å². The van der Waals surface area contributed by atoms with Gasteiger partial charge in [-0.1, -0.05) is 6.07 Å². The first-order valence-electron chi connectivity index (χ1n) is 5.70. The van der Waals surface area contributed by atoms with Crippen molar-refractivity contribution in [2.45, 2.75) is 20.4 Å². The summed E-state index contributed by atoms with van der Waals surface area (Å²) in [6, 6.07) is 3.60. The van der Waals surface area contributed by atoms with Gasteiger partial charge in [-0.25, -0.2) is 4.98 Å². The van der Waals surface area contributed by atoms with Crippen LogP contribution in [0.15, 0.2) is 18.3 Å². The topological polar surface area (TPSA) is 83.1 Å². The van der Waals surface area contributed by atoms with Gasteiger partial charge in [0.05, 0.1) is 18.6 Å². The van der Waals surface area contributed by atoms with Crippen LogP contribution in [0.4, 0.5) is 5.69 Å². The minimum atomic E-state index is -0.402. The SMILES string of the molecule is COc1ccc(Cn2nc(C)c([N+](=O)[O-])c2C)cn1. The molecule has 0 aliphatic rings. The highest BCUT2D eigenvalue weighted by atomic mass is 16.6. The van der Waals surface area contributed by atoms with E-state index in [2.05, 4.69) is 10.1 Å². The van der Waals surface area contributed by atoms with E-state index >= 15 is 0 Å². The number of nitro groups is 1. The lowest BCUT2D eigenvalue weighted by molar-refractivity contribution is -0.386. The van der Waals surface area contributed by atoms with Gasteiger partial charge in [0.1, 0.15) is 11.4 Å². The fraction of sp³-hybridized carbons (Fsp3) is 0.333. The maximum absolute atomic E-state index is 10.9. The molecule has 100 valence electrons. The Hall–Kier alpha value is -2.44. The van der Waals surface area contributed by atoms with Crippen LogP contribution in [0.5, 0.6) is 5.88 Å². The van der Waals surface area contributed by atoms with Crippen LogP contribution >= 0.6 is 0 Å². The number of hydrogen-bond donors (Lipinski definition) is 0. The predicted octanol–water partition coefficient (Wildman–Crippen LogP) is 1.86. The second-order valence-electron chi connectivity index (χ2n) is 4.14. The van der Waals surface area contributed by atoms with Gasteiger partial charge in [-0.15, -0.1) is 0 Å². The smallest absolute Gasteiger partial charge is 0.312 e. The Bertz CT molecular complexity index is 604. The maximum atomic E-state index is 10.9. The lowest BCUT2D eigenvalue weighted by Gasteiger charge is -2.04. The number of ether oxygens (including phenoxy) is 1. The average molecular weight is 262 g/mol. The third-order valence-corrected chi connectivity index (χ3v) is 2.86. The molecule has 0 fully saturated rings. The molecule has 0 saturated heterocycles. The van der Waals surface area contributed by atoms with Crippen LogP contribution in [-0.2, 0) is 6.54 Å². The number of aromatic nitrogens is 3. The maximum Gasteiger partial charge on any atom is 0.312 e. The van der Waals surface area contributed by atoms with E-state index in [1.54, 1.807) is 37.9 Å². The van der Waals surface area contributed by atoms with Gasteiger partial charge in [0.2, 0.25) is 5.88 Å². The molecule has 0 spiro atoms. The van der Waals surface area contributed by atoms with E-state index in [1.807, 2.05) is 6.07 Å². The van der Waals surface area contributed by atoms with Gasteiger partial charge < -0.3 is 4.74 Å². The van der Waals surface area contributed by atoms with E-state index < -0.39 is 4.92 Å². The van der Waals surface area contributed by atoms with Gasteiger partial charge in [-0.3, -0.25) is 14.8 Å². The van der Waals surface area contributed by atoms with E-state index in [-0.39, 0.29) is 5.69 Å². The Morgan fingerprint density at radius 1 is 1.42 bits per heavy atom. The quantitative estimate of drug-likeness (QED) is 0.620. The summed E-state index contributed by atoms with van der Waals surface area (Å²) in [5.74, 6) is 0.531. The summed E-state index contributed by atoms with van der Waals surface area (Å²) in [5.41, 5.74) is 1.94. The molecule has 0 atom stereocenters. The lowest BCUT2D eigenvalue weighted by Crippen LogP contribution is -2.05. The van der Waals surface area contributed by atoms with E-state index in [4.69, 9.17) is 4.74 Å². The van der Waals surface area contributed by atoms with Gasteiger partial charge in [0, 0.05) is 12.3 Å². The largest absolute Gasteiger partial charge is 0.481 e. The molecule has 7 nitrogen and oxygen atoms in total. The van der Waals surface area contributed by atoms with Gasteiger partial charge in [-0.05, 0) is 19.4 Å². The molecule has 2 heterocycles. The Morgan fingerprint density at radius 2 is 2.16 bits per heavy atom. The highest BCUT2D eigenvalue weighted by molar-refractivity contribution is 5.39. The summed E-state index contributed by atoms with van der Waals surface area (Å²) >= 11 is 0. The second kappa shape index (κ2) is 5.05. The monoisotopic (exact) mass is 262 g/mol. The molecule has 2 aromatic rings. The zero-order chi connectivity index (χ0) is 14.0. The summed E-state index contributed by atoms with van der Waals surface area (Å²) in [6.45, 7) is 3.76. The number of hydrogen-bond acceptors (Lipinski definition) is 5. The second-order valence-corrected chi connectivity index (χ2v) is 4.14. The third-order valence-electron chi connectivity index (χ3n) is 2.86. The predicted molar refractivity (Wildman–Crippen MR) is 68.2 cm³/mol. The lowest BCUT2D eigenvalue weighted by atomic mass is 10.2. The first-order chi connectivity index (χ1) is 9.02. The molecule has 2 rings (SSSR count). The number of aryl methyl sites for hydroxylation is 1. The van der Waals surface area contributed by atoms with Crippen LogP contribution in [0, 0.1) is 24.0 Å². The van der Waals surface area contributed by atoms with Gasteiger partial charge >= 0.3 is 5.69 Å². The first-order valence-corrected chi connectivity index (χ1v) is 5.70. The van der Waals surface area contributed by atoms with Crippen molar-refractivity contribution in [1.29, 1.82) is 0 Å². The van der Waals surface area contributed by atoms with Crippen molar-refractivity contribution < 1.29 is 9.66 Å². The Balaban J connectivity index is 2.28. The molecule has 0 unspecified atom stereocenters. The van der Waals surface area contributed by atoms with Crippen LogP contribution < -0.4 is 4.74 Å². The van der Waals surface area contributed by atoms with Crippen molar-refractivity contribution in [2.75, 3.05) is 7.11 Å². The standard InChI is InChI=1S/C12H14N4O3/c1-8-12(16(17)18)9(2)15(14-8)7-10-4-5-11(19-3)13-6-10/h4-6H,7H2,1-3H3. The molecular weight excluding hydrogens is 248 g/mol. The minimum absolute atomic E-state index is 0.0708. The molecule has 0 amide bonds. The van der Waals surface area contributed by atoms with Crippen molar-refractivity contribution in [1.82, 2.24) is 14.8 Å². The van der Waals surface area contributed by atoms with Gasteiger partial charge in [0.15, 0.2) is 0 Å². The Kier molecular flexibility index (Phi) is 3.46. The fourth-order valence-corrected chi connectivity index (χ4v) is 1.90. The zero-order valence-corrected chi connectivity index (χ0v) is 11.0. The van der Waals surface area contributed by atoms with E-state index in [0.29, 0.717) is 23.8 Å². The molecule has 7 heteroatoms. The van der Waals surface area contributed by atoms with Crippen LogP contribution in [0.25, 0.3) is 0 Å². The molecule has 0 radical (unpaired) electrons. The third kappa shape index (κ3) is 2.54. The number of methoxy groups -OCH3 is 1. The molecule has 19 heavy (non-hydrogen) atoms. The highest BCUT2D eigenvalue weighted by Crippen LogP contribution is 2.22. The molecule has 0 N–H and O–H groups in total. The zero-order valence-electron chi connectivity index (χ0n) is 11.0. The summed E-state index contributed by atoms with van der Waals surface area (Å²) in [7, 11) is 1.55. The molecule has 0 aliphatic carbocycles.